The molecular weight excluding hydrogens is 364 g/mol. The number of benzene rings is 2. The number of nitrogens with zero attached hydrogens (tertiary/aromatic N) is 3. The predicted molar refractivity (Wildman–Crippen MR) is 108 cm³/mol. The standard InChI is InChI=1S/C20H21ClN4O2/c1-23-8-10-24(11-9-23)16-6-7-18-17(12-16)20(27)25(13-19(26)22-18)15-4-2-14(21)3-5-15/h2-7,12H,8-11,13H2,1H3,(H,22,26). The first-order valence-corrected chi connectivity index (χ1v) is 9.34. The maximum atomic E-state index is 13.2. The molecule has 2 aromatic rings. The minimum atomic E-state index is -0.218. The Kier molecular flexibility index (Phi) is 4.76. The van der Waals surface area contributed by atoms with Crippen LogP contribution in [0.15, 0.2) is 42.5 Å². The van der Waals surface area contributed by atoms with Crippen LogP contribution < -0.4 is 15.1 Å². The molecule has 1 N–H and O–H groups in total. The van der Waals surface area contributed by atoms with E-state index >= 15 is 0 Å². The topological polar surface area (TPSA) is 55.9 Å². The first-order chi connectivity index (χ1) is 13.0. The van der Waals surface area contributed by atoms with Gasteiger partial charge in [-0.3, -0.25) is 14.5 Å². The van der Waals surface area contributed by atoms with E-state index in [0.717, 1.165) is 31.9 Å². The summed E-state index contributed by atoms with van der Waals surface area (Å²) in [5.74, 6) is -0.411. The lowest BCUT2D eigenvalue weighted by atomic mass is 10.1. The molecule has 0 saturated carbocycles. The lowest BCUT2D eigenvalue weighted by Crippen LogP contribution is -2.44. The Morgan fingerprint density at radius 1 is 0.926 bits per heavy atom. The second kappa shape index (κ2) is 7.21. The number of carbonyl (C=O) groups is 2. The molecule has 0 unspecified atom stereocenters. The summed E-state index contributed by atoms with van der Waals surface area (Å²) in [5, 5.41) is 3.43. The highest BCUT2D eigenvalue weighted by Crippen LogP contribution is 2.29. The van der Waals surface area contributed by atoms with Crippen molar-refractivity contribution in [2.75, 3.05) is 54.9 Å². The van der Waals surface area contributed by atoms with E-state index in [1.807, 2.05) is 18.2 Å². The zero-order valence-corrected chi connectivity index (χ0v) is 15.9. The van der Waals surface area contributed by atoms with Crippen molar-refractivity contribution in [2.24, 2.45) is 0 Å². The van der Waals surface area contributed by atoms with Gasteiger partial charge in [0.1, 0.15) is 6.54 Å². The van der Waals surface area contributed by atoms with Crippen LogP contribution >= 0.6 is 11.6 Å². The van der Waals surface area contributed by atoms with Gasteiger partial charge in [-0.25, -0.2) is 0 Å². The van der Waals surface area contributed by atoms with Gasteiger partial charge in [0.05, 0.1) is 11.3 Å². The third kappa shape index (κ3) is 3.63. The van der Waals surface area contributed by atoms with Gasteiger partial charge in [0.2, 0.25) is 5.91 Å². The number of likely N-dealkylation sites (N-methyl/N-ethyl adjacent to an activating group) is 1. The van der Waals surface area contributed by atoms with E-state index in [9.17, 15) is 9.59 Å². The number of anilines is 3. The summed E-state index contributed by atoms with van der Waals surface area (Å²) < 4.78 is 0. The SMILES string of the molecule is CN1CCN(c2ccc3c(c2)C(=O)N(c2ccc(Cl)cc2)CC(=O)N3)CC1. The average molecular weight is 385 g/mol. The van der Waals surface area contributed by atoms with Crippen LogP contribution in [0.2, 0.25) is 5.02 Å². The number of hydrogen-bond acceptors (Lipinski definition) is 4. The van der Waals surface area contributed by atoms with E-state index in [1.165, 1.54) is 4.90 Å². The number of halogens is 1. The highest BCUT2D eigenvalue weighted by molar-refractivity contribution is 6.30. The minimum absolute atomic E-state index is 0.0288. The number of piperazine rings is 1. The number of nitrogens with one attached hydrogen (secondary N) is 1. The van der Waals surface area contributed by atoms with Crippen LogP contribution in [0.5, 0.6) is 0 Å². The Labute approximate surface area is 163 Å². The Balaban J connectivity index is 1.69. The molecule has 0 spiro atoms. The van der Waals surface area contributed by atoms with Crippen molar-refractivity contribution in [1.29, 1.82) is 0 Å². The summed E-state index contributed by atoms with van der Waals surface area (Å²) >= 11 is 5.95. The average Bonchev–Trinajstić information content (AvgIpc) is 2.79. The summed E-state index contributed by atoms with van der Waals surface area (Å²) in [6.07, 6.45) is 0. The van der Waals surface area contributed by atoms with Crippen molar-refractivity contribution in [3.05, 3.63) is 53.1 Å². The van der Waals surface area contributed by atoms with Crippen molar-refractivity contribution in [3.8, 4) is 0 Å². The van der Waals surface area contributed by atoms with Crippen LogP contribution in [0, 0.1) is 0 Å². The molecule has 0 bridgehead atoms. The molecule has 2 amide bonds. The van der Waals surface area contributed by atoms with Gasteiger partial charge in [-0.1, -0.05) is 11.6 Å². The minimum Gasteiger partial charge on any atom is -0.369 e. The van der Waals surface area contributed by atoms with Crippen LogP contribution in [-0.2, 0) is 4.79 Å². The van der Waals surface area contributed by atoms with Gasteiger partial charge in [-0.15, -0.1) is 0 Å². The fourth-order valence-electron chi connectivity index (χ4n) is 3.46. The molecule has 0 aromatic heterocycles. The Morgan fingerprint density at radius 3 is 2.30 bits per heavy atom. The third-order valence-electron chi connectivity index (χ3n) is 5.06. The summed E-state index contributed by atoms with van der Waals surface area (Å²) in [7, 11) is 2.11. The Morgan fingerprint density at radius 2 is 1.59 bits per heavy atom. The molecule has 27 heavy (non-hydrogen) atoms. The first kappa shape index (κ1) is 17.8. The van der Waals surface area contributed by atoms with Crippen molar-refractivity contribution in [2.45, 2.75) is 0 Å². The maximum absolute atomic E-state index is 13.2. The van der Waals surface area contributed by atoms with Gasteiger partial charge in [-0.2, -0.15) is 0 Å². The molecule has 0 aliphatic carbocycles. The molecule has 2 aliphatic rings. The zero-order valence-electron chi connectivity index (χ0n) is 15.1. The quantitative estimate of drug-likeness (QED) is 0.865. The first-order valence-electron chi connectivity index (χ1n) is 8.96. The fourth-order valence-corrected chi connectivity index (χ4v) is 3.59. The maximum Gasteiger partial charge on any atom is 0.260 e. The molecular formula is C20H21ClN4O2. The molecule has 2 heterocycles. The number of amides is 2. The van der Waals surface area contributed by atoms with E-state index < -0.39 is 0 Å². The van der Waals surface area contributed by atoms with Gasteiger partial charge in [0.25, 0.3) is 5.91 Å². The van der Waals surface area contributed by atoms with Crippen molar-refractivity contribution >= 4 is 40.5 Å². The highest BCUT2D eigenvalue weighted by Gasteiger charge is 2.28. The Hall–Kier alpha value is -2.57. The smallest absolute Gasteiger partial charge is 0.260 e. The van der Waals surface area contributed by atoms with E-state index in [4.69, 9.17) is 11.6 Å². The third-order valence-corrected chi connectivity index (χ3v) is 5.31. The van der Waals surface area contributed by atoms with E-state index in [-0.39, 0.29) is 18.4 Å². The molecule has 0 atom stereocenters. The normalized spacial score (nSPS) is 18.1. The number of rotatable bonds is 2. The fraction of sp³-hybridized carbons (Fsp3) is 0.300. The van der Waals surface area contributed by atoms with Crippen LogP contribution in [0.3, 0.4) is 0 Å². The van der Waals surface area contributed by atoms with Crippen LogP contribution in [0.25, 0.3) is 0 Å². The molecule has 2 aliphatic heterocycles. The predicted octanol–water partition coefficient (Wildman–Crippen LogP) is 2.69. The highest BCUT2D eigenvalue weighted by atomic mass is 35.5. The second-order valence-corrected chi connectivity index (χ2v) is 7.37. The van der Waals surface area contributed by atoms with Gasteiger partial charge in [-0.05, 0) is 49.5 Å². The molecule has 0 radical (unpaired) electrons. The second-order valence-electron chi connectivity index (χ2n) is 6.94. The molecule has 1 saturated heterocycles. The van der Waals surface area contributed by atoms with Crippen LogP contribution in [-0.4, -0.2) is 56.5 Å². The Bertz CT molecular complexity index is 876. The lowest BCUT2D eigenvalue weighted by molar-refractivity contribution is -0.114. The van der Waals surface area contributed by atoms with E-state index in [0.29, 0.717) is 22.0 Å². The van der Waals surface area contributed by atoms with Crippen LogP contribution in [0.1, 0.15) is 10.4 Å². The molecule has 1 fully saturated rings. The number of fused-ring (bicyclic) bond motifs is 1. The zero-order chi connectivity index (χ0) is 19.0. The summed E-state index contributed by atoms with van der Waals surface area (Å²) in [6, 6.07) is 12.6. The van der Waals surface area contributed by atoms with Gasteiger partial charge in [0.15, 0.2) is 0 Å². The molecule has 2 aromatic carbocycles. The summed E-state index contributed by atoms with van der Waals surface area (Å²) in [5.41, 5.74) is 2.71. The van der Waals surface area contributed by atoms with Crippen molar-refractivity contribution < 1.29 is 9.59 Å². The van der Waals surface area contributed by atoms with E-state index in [1.54, 1.807) is 24.3 Å². The number of carbonyl (C=O) groups excluding carboxylic acids is 2. The molecule has 4 rings (SSSR count). The lowest BCUT2D eigenvalue weighted by Gasteiger charge is -2.34. The van der Waals surface area contributed by atoms with Crippen molar-refractivity contribution in [3.63, 3.8) is 0 Å². The van der Waals surface area contributed by atoms with Gasteiger partial charge in [0, 0.05) is 42.6 Å². The van der Waals surface area contributed by atoms with Gasteiger partial charge < -0.3 is 15.1 Å². The van der Waals surface area contributed by atoms with Crippen molar-refractivity contribution in [1.82, 2.24) is 4.90 Å². The van der Waals surface area contributed by atoms with E-state index in [2.05, 4.69) is 22.2 Å². The van der Waals surface area contributed by atoms with Gasteiger partial charge >= 0.3 is 0 Å². The molecule has 140 valence electrons. The molecule has 6 nitrogen and oxygen atoms in total. The largest absolute Gasteiger partial charge is 0.369 e. The summed E-state index contributed by atoms with van der Waals surface area (Å²) in [4.78, 5) is 31.6. The monoisotopic (exact) mass is 384 g/mol. The summed E-state index contributed by atoms with van der Waals surface area (Å²) in [6.45, 7) is 3.77. The van der Waals surface area contributed by atoms with Crippen LogP contribution in [0.4, 0.5) is 17.1 Å². The number of hydrogen-bond donors (Lipinski definition) is 1. The molecule has 7 heteroatoms.